The monoisotopic (exact) mass is 489 g/mol. The number of phenols is 1. The second-order valence-electron chi connectivity index (χ2n) is 11.3. The van der Waals surface area contributed by atoms with Gasteiger partial charge in [0.1, 0.15) is 12.0 Å². The van der Waals surface area contributed by atoms with Gasteiger partial charge in [0.2, 0.25) is 0 Å². The van der Waals surface area contributed by atoms with Gasteiger partial charge in [-0.05, 0) is 47.4 Å². The van der Waals surface area contributed by atoms with Gasteiger partial charge in [0.15, 0.2) is 0 Å². The molecule has 1 N–H and O–H groups in total. The van der Waals surface area contributed by atoms with E-state index in [4.69, 9.17) is 4.74 Å². The molecule has 0 radical (unpaired) electrons. The van der Waals surface area contributed by atoms with Crippen LogP contribution in [0.1, 0.15) is 84.4 Å². The molecule has 5 nitrogen and oxygen atoms in total. The Bertz CT molecular complexity index is 860. The number of aromatic hydroxyl groups is 1. The molecular formula is C28H43NO4S. The molecule has 0 aliphatic carbocycles. The molecule has 1 aliphatic heterocycles. The van der Waals surface area contributed by atoms with E-state index in [2.05, 4.69) is 59.4 Å². The van der Waals surface area contributed by atoms with Gasteiger partial charge < -0.3 is 14.6 Å². The fourth-order valence-electron chi connectivity index (χ4n) is 4.48. The van der Waals surface area contributed by atoms with Crippen molar-refractivity contribution in [2.24, 2.45) is 5.92 Å². The van der Waals surface area contributed by atoms with Crippen molar-refractivity contribution in [3.05, 3.63) is 33.7 Å². The number of thioether (sulfide) groups is 1. The summed E-state index contributed by atoms with van der Waals surface area (Å²) < 4.78 is 4.98. The first kappa shape index (κ1) is 28.4. The third-order valence-electron chi connectivity index (χ3n) is 6.45. The zero-order valence-corrected chi connectivity index (χ0v) is 23.1. The van der Waals surface area contributed by atoms with Crippen molar-refractivity contribution in [1.82, 2.24) is 4.90 Å². The molecule has 0 spiro atoms. The van der Waals surface area contributed by atoms with E-state index in [1.807, 2.05) is 12.1 Å². The molecule has 1 aromatic rings. The summed E-state index contributed by atoms with van der Waals surface area (Å²) in [6, 6.07) is 3.77. The van der Waals surface area contributed by atoms with Crippen LogP contribution in [0.2, 0.25) is 0 Å². The van der Waals surface area contributed by atoms with Gasteiger partial charge in [0.05, 0.1) is 19.1 Å². The number of rotatable bonds is 8. The first-order valence-corrected chi connectivity index (χ1v) is 13.3. The standard InChI is InChI=1S/C28H43NO4S/c1-9-10-20(26(32)33-8)11-12-29-13-14-34-24(23(29)18-30)17-19-15-21(27(2,3)4)25(31)22(16-19)28(5,6)7/h15-18,20,23,31H,9-14H2,1-8H3. The van der Waals surface area contributed by atoms with Gasteiger partial charge in [0.25, 0.3) is 0 Å². The molecule has 6 heteroatoms. The Morgan fingerprint density at radius 3 is 2.24 bits per heavy atom. The van der Waals surface area contributed by atoms with Gasteiger partial charge in [-0.15, -0.1) is 11.8 Å². The average Bonchev–Trinajstić information content (AvgIpc) is 2.75. The lowest BCUT2D eigenvalue weighted by Gasteiger charge is -2.35. The Labute approximate surface area is 210 Å². The number of benzene rings is 1. The van der Waals surface area contributed by atoms with Crippen molar-refractivity contribution in [2.45, 2.75) is 84.6 Å². The lowest BCUT2D eigenvalue weighted by Crippen LogP contribution is -2.43. The summed E-state index contributed by atoms with van der Waals surface area (Å²) in [7, 11) is 1.44. The Morgan fingerprint density at radius 1 is 1.18 bits per heavy atom. The topological polar surface area (TPSA) is 66.8 Å². The van der Waals surface area contributed by atoms with Crippen LogP contribution in [0.5, 0.6) is 5.75 Å². The Balaban J connectivity index is 2.39. The lowest BCUT2D eigenvalue weighted by molar-refractivity contribution is -0.146. The molecule has 0 aromatic heterocycles. The molecule has 2 rings (SSSR count). The second kappa shape index (κ2) is 11.8. The normalized spacial score (nSPS) is 19.8. The van der Waals surface area contributed by atoms with Gasteiger partial charge in [-0.1, -0.05) is 54.9 Å². The SMILES string of the molecule is CCCC(CCN1CCSC(=Cc2cc(C(C)(C)C)c(O)c(C(C)(C)C)c2)C1C=O)C(=O)OC. The molecule has 0 saturated carbocycles. The van der Waals surface area contributed by atoms with Crippen LogP contribution in [0.25, 0.3) is 6.08 Å². The number of carbonyl (C=O) groups excluding carboxylic acids is 2. The van der Waals surface area contributed by atoms with E-state index >= 15 is 0 Å². The van der Waals surface area contributed by atoms with E-state index in [1.54, 1.807) is 11.8 Å². The number of carbonyl (C=O) groups is 2. The molecule has 1 aliphatic rings. The molecule has 2 atom stereocenters. The molecule has 0 amide bonds. The van der Waals surface area contributed by atoms with Crippen molar-refractivity contribution < 1.29 is 19.4 Å². The number of esters is 1. The van der Waals surface area contributed by atoms with E-state index in [1.165, 1.54) is 7.11 Å². The van der Waals surface area contributed by atoms with Crippen LogP contribution in [0, 0.1) is 5.92 Å². The predicted octanol–water partition coefficient (Wildman–Crippen LogP) is 5.92. The van der Waals surface area contributed by atoms with Crippen LogP contribution in [0.15, 0.2) is 17.0 Å². The molecular weight excluding hydrogens is 446 g/mol. The third-order valence-corrected chi connectivity index (χ3v) is 7.53. The highest BCUT2D eigenvalue weighted by Gasteiger charge is 2.30. The van der Waals surface area contributed by atoms with Crippen molar-refractivity contribution in [3.8, 4) is 5.75 Å². The van der Waals surface area contributed by atoms with Crippen molar-refractivity contribution in [1.29, 1.82) is 0 Å². The number of aldehydes is 1. The molecule has 190 valence electrons. The minimum atomic E-state index is -0.330. The highest BCUT2D eigenvalue weighted by molar-refractivity contribution is 8.03. The van der Waals surface area contributed by atoms with E-state index in [-0.39, 0.29) is 28.8 Å². The van der Waals surface area contributed by atoms with Crippen LogP contribution in [0.4, 0.5) is 0 Å². The maximum Gasteiger partial charge on any atom is 0.308 e. The average molecular weight is 490 g/mol. The predicted molar refractivity (Wildman–Crippen MR) is 142 cm³/mol. The summed E-state index contributed by atoms with van der Waals surface area (Å²) in [6.07, 6.45) is 5.52. The number of methoxy groups -OCH3 is 1. The Kier molecular flexibility index (Phi) is 9.84. The van der Waals surface area contributed by atoms with Crippen LogP contribution < -0.4 is 0 Å². The van der Waals surface area contributed by atoms with Crippen LogP contribution in [-0.2, 0) is 25.2 Å². The minimum Gasteiger partial charge on any atom is -0.507 e. The third kappa shape index (κ3) is 7.11. The number of hydrogen-bond acceptors (Lipinski definition) is 6. The summed E-state index contributed by atoms with van der Waals surface area (Å²) >= 11 is 1.71. The summed E-state index contributed by atoms with van der Waals surface area (Å²) in [6.45, 7) is 16.2. The molecule has 1 saturated heterocycles. The smallest absolute Gasteiger partial charge is 0.308 e. The zero-order valence-electron chi connectivity index (χ0n) is 22.2. The van der Waals surface area contributed by atoms with Crippen molar-refractivity contribution >= 4 is 30.1 Å². The molecule has 2 unspecified atom stereocenters. The van der Waals surface area contributed by atoms with E-state index in [0.29, 0.717) is 18.7 Å². The van der Waals surface area contributed by atoms with Gasteiger partial charge in [-0.25, -0.2) is 0 Å². The van der Waals surface area contributed by atoms with Crippen molar-refractivity contribution in [2.75, 3.05) is 26.0 Å². The fraction of sp³-hybridized carbons (Fsp3) is 0.643. The van der Waals surface area contributed by atoms with Crippen LogP contribution in [0.3, 0.4) is 0 Å². The largest absolute Gasteiger partial charge is 0.507 e. The Hall–Kier alpha value is -1.79. The first-order valence-electron chi connectivity index (χ1n) is 12.3. The highest BCUT2D eigenvalue weighted by Crippen LogP contribution is 2.41. The summed E-state index contributed by atoms with van der Waals surface area (Å²) in [5.41, 5.74) is 2.40. The summed E-state index contributed by atoms with van der Waals surface area (Å²) in [5.74, 6) is 0.949. The van der Waals surface area contributed by atoms with E-state index in [9.17, 15) is 14.7 Å². The van der Waals surface area contributed by atoms with Gasteiger partial charge in [-0.3, -0.25) is 9.69 Å². The maximum atomic E-state index is 12.2. The van der Waals surface area contributed by atoms with Gasteiger partial charge in [0, 0.05) is 34.9 Å². The quantitative estimate of drug-likeness (QED) is 0.361. The van der Waals surface area contributed by atoms with E-state index in [0.717, 1.165) is 53.0 Å². The van der Waals surface area contributed by atoms with Gasteiger partial charge >= 0.3 is 5.97 Å². The zero-order chi connectivity index (χ0) is 25.7. The van der Waals surface area contributed by atoms with Crippen molar-refractivity contribution in [3.63, 3.8) is 0 Å². The Morgan fingerprint density at radius 2 is 1.76 bits per heavy atom. The first-order chi connectivity index (χ1) is 15.8. The summed E-state index contributed by atoms with van der Waals surface area (Å²) in [5, 5.41) is 11.0. The highest BCUT2D eigenvalue weighted by atomic mass is 32.2. The number of phenolic OH excluding ortho intramolecular Hbond substituents is 1. The van der Waals surface area contributed by atoms with E-state index < -0.39 is 0 Å². The summed E-state index contributed by atoms with van der Waals surface area (Å²) in [4.78, 5) is 27.5. The molecule has 34 heavy (non-hydrogen) atoms. The van der Waals surface area contributed by atoms with Crippen LogP contribution in [-0.4, -0.2) is 54.3 Å². The number of nitrogens with zero attached hydrogens (tertiary/aromatic N) is 1. The maximum absolute atomic E-state index is 12.2. The molecule has 1 aromatic carbocycles. The fourth-order valence-corrected chi connectivity index (χ4v) is 5.64. The lowest BCUT2D eigenvalue weighted by atomic mass is 9.78. The minimum absolute atomic E-state index is 0.134. The van der Waals surface area contributed by atoms with Crippen LogP contribution >= 0.6 is 11.8 Å². The second-order valence-corrected chi connectivity index (χ2v) is 12.4. The van der Waals surface area contributed by atoms with Gasteiger partial charge in [-0.2, -0.15) is 0 Å². The molecule has 0 bridgehead atoms. The number of hydrogen-bond donors (Lipinski definition) is 1. The molecule has 1 heterocycles. The molecule has 1 fully saturated rings. The number of ether oxygens (including phenoxy) is 1.